The van der Waals surface area contributed by atoms with Crippen molar-refractivity contribution < 1.29 is 23.8 Å². The number of morpholine rings is 1. The first kappa shape index (κ1) is 15.4. The third-order valence-corrected chi connectivity index (χ3v) is 3.51. The monoisotopic (exact) mass is 295 g/mol. The minimum atomic E-state index is -1.26. The van der Waals surface area contributed by atoms with Crippen molar-refractivity contribution in [3.63, 3.8) is 0 Å². The van der Waals surface area contributed by atoms with Crippen molar-refractivity contribution in [2.45, 2.75) is 32.4 Å². The van der Waals surface area contributed by atoms with Gasteiger partial charge in [0.05, 0.1) is 6.04 Å². The molecule has 0 radical (unpaired) electrons. The molecule has 0 saturated carbocycles. The smallest absolute Gasteiger partial charge is 0.335 e. The van der Waals surface area contributed by atoms with Crippen molar-refractivity contribution in [2.75, 3.05) is 13.2 Å². The molecular weight excluding hydrogens is 277 g/mol. The number of benzene rings is 1. The van der Waals surface area contributed by atoms with Gasteiger partial charge in [0.15, 0.2) is 6.10 Å². The number of carboxylic acids is 1. The number of halogens is 1. The fraction of sp³-hybridized carbons (Fsp3) is 0.467. The maximum Gasteiger partial charge on any atom is 0.335 e. The normalized spacial score (nSPS) is 22.4. The Bertz CT molecular complexity index is 561. The summed E-state index contributed by atoms with van der Waals surface area (Å²) in [7, 11) is 0. The molecule has 114 valence electrons. The van der Waals surface area contributed by atoms with E-state index >= 15 is 0 Å². The summed E-state index contributed by atoms with van der Waals surface area (Å²) in [6.45, 7) is 3.74. The van der Waals surface area contributed by atoms with Crippen LogP contribution in [0.5, 0.6) is 0 Å². The Morgan fingerprint density at radius 1 is 1.52 bits per heavy atom. The minimum absolute atomic E-state index is 0.184. The Morgan fingerprint density at radius 3 is 2.86 bits per heavy atom. The molecule has 0 spiro atoms. The number of hydrogen-bond acceptors (Lipinski definition) is 3. The number of aryl methyl sites for hydroxylation is 1. The van der Waals surface area contributed by atoms with E-state index in [9.17, 15) is 19.1 Å². The van der Waals surface area contributed by atoms with Crippen LogP contribution in [0.4, 0.5) is 4.39 Å². The molecule has 2 unspecified atom stereocenters. The van der Waals surface area contributed by atoms with Crippen molar-refractivity contribution in [2.24, 2.45) is 0 Å². The lowest BCUT2D eigenvalue weighted by Gasteiger charge is -2.39. The first-order valence-electron chi connectivity index (χ1n) is 6.85. The van der Waals surface area contributed by atoms with Gasteiger partial charge in [-0.15, -0.1) is 0 Å². The molecule has 1 aromatic rings. The molecule has 1 aromatic carbocycles. The average Bonchev–Trinajstić information content (AvgIpc) is 2.43. The highest BCUT2D eigenvalue weighted by molar-refractivity contribution is 5.83. The van der Waals surface area contributed by atoms with E-state index in [2.05, 4.69) is 0 Å². The molecule has 0 aromatic heterocycles. The number of aliphatic carboxylic acids is 1. The lowest BCUT2D eigenvalue weighted by molar-refractivity contribution is -0.173. The van der Waals surface area contributed by atoms with Crippen molar-refractivity contribution in [3.8, 4) is 0 Å². The Morgan fingerprint density at radius 2 is 2.24 bits per heavy atom. The van der Waals surface area contributed by atoms with Gasteiger partial charge in [-0.2, -0.15) is 0 Å². The van der Waals surface area contributed by atoms with Gasteiger partial charge >= 0.3 is 5.97 Å². The predicted molar refractivity (Wildman–Crippen MR) is 73.3 cm³/mol. The molecule has 1 fully saturated rings. The molecule has 2 rings (SSSR count). The number of nitrogens with zero attached hydrogens (tertiary/aromatic N) is 1. The van der Waals surface area contributed by atoms with Crippen LogP contribution >= 0.6 is 0 Å². The van der Waals surface area contributed by atoms with Gasteiger partial charge in [-0.05, 0) is 19.4 Å². The number of carboxylic acid groups (broad SMARTS) is 1. The fourth-order valence-electron chi connectivity index (χ4n) is 2.59. The second-order valence-electron chi connectivity index (χ2n) is 5.13. The Kier molecular flexibility index (Phi) is 4.57. The van der Waals surface area contributed by atoms with Gasteiger partial charge in [0.2, 0.25) is 5.91 Å². The SMILES string of the molecule is CCCN1C(=O)COC(C(=O)O)C1c1cc(C)ccc1F. The molecule has 1 N–H and O–H groups in total. The number of rotatable bonds is 4. The molecule has 1 saturated heterocycles. The standard InChI is InChI=1S/C15H18FNO4/c1-3-6-17-12(18)8-21-14(15(19)20)13(17)10-7-9(2)4-5-11(10)16/h4-5,7,13-14H,3,6,8H2,1-2H3,(H,19,20). The number of ether oxygens (including phenoxy) is 1. The van der Waals surface area contributed by atoms with Gasteiger partial charge in [-0.25, -0.2) is 9.18 Å². The zero-order valence-corrected chi connectivity index (χ0v) is 12.0. The summed E-state index contributed by atoms with van der Waals surface area (Å²) in [5, 5.41) is 9.32. The molecule has 21 heavy (non-hydrogen) atoms. The van der Waals surface area contributed by atoms with E-state index in [1.165, 1.54) is 11.0 Å². The molecule has 6 heteroatoms. The number of amides is 1. The summed E-state index contributed by atoms with van der Waals surface area (Å²) in [5.74, 6) is -2.05. The van der Waals surface area contributed by atoms with Crippen LogP contribution in [-0.2, 0) is 14.3 Å². The lowest BCUT2D eigenvalue weighted by atomic mass is 9.95. The number of hydrogen-bond donors (Lipinski definition) is 1. The Hall–Kier alpha value is -1.95. The third kappa shape index (κ3) is 3.05. The van der Waals surface area contributed by atoms with Crippen LogP contribution in [-0.4, -0.2) is 41.1 Å². The minimum Gasteiger partial charge on any atom is -0.479 e. The van der Waals surface area contributed by atoms with Crippen LogP contribution in [0, 0.1) is 12.7 Å². The molecule has 1 amide bonds. The largest absolute Gasteiger partial charge is 0.479 e. The molecule has 1 heterocycles. The van der Waals surface area contributed by atoms with Gasteiger partial charge in [0.25, 0.3) is 0 Å². The summed E-state index contributed by atoms with van der Waals surface area (Å²) in [6.07, 6.45) is -0.604. The molecule has 5 nitrogen and oxygen atoms in total. The molecule has 0 aliphatic carbocycles. The lowest BCUT2D eigenvalue weighted by Crippen LogP contribution is -2.52. The van der Waals surface area contributed by atoms with Crippen LogP contribution in [0.25, 0.3) is 0 Å². The van der Waals surface area contributed by atoms with E-state index in [-0.39, 0.29) is 18.1 Å². The van der Waals surface area contributed by atoms with Crippen molar-refractivity contribution in [3.05, 3.63) is 35.1 Å². The maximum atomic E-state index is 14.1. The van der Waals surface area contributed by atoms with Crippen molar-refractivity contribution in [1.29, 1.82) is 0 Å². The maximum absolute atomic E-state index is 14.1. The van der Waals surface area contributed by atoms with Gasteiger partial charge < -0.3 is 14.7 Å². The Balaban J connectivity index is 2.51. The van der Waals surface area contributed by atoms with E-state index < -0.39 is 23.9 Å². The topological polar surface area (TPSA) is 66.8 Å². The highest BCUT2D eigenvalue weighted by Gasteiger charge is 2.42. The predicted octanol–water partition coefficient (Wildman–Crippen LogP) is 1.90. The number of carbonyl (C=O) groups excluding carboxylic acids is 1. The Labute approximate surface area is 122 Å². The first-order chi connectivity index (χ1) is 9.95. The fourth-order valence-corrected chi connectivity index (χ4v) is 2.59. The first-order valence-corrected chi connectivity index (χ1v) is 6.85. The highest BCUT2D eigenvalue weighted by Crippen LogP contribution is 2.32. The molecular formula is C15H18FNO4. The zero-order valence-electron chi connectivity index (χ0n) is 12.0. The van der Waals surface area contributed by atoms with E-state index in [0.717, 1.165) is 5.56 Å². The van der Waals surface area contributed by atoms with Gasteiger partial charge in [-0.3, -0.25) is 4.79 Å². The van der Waals surface area contributed by atoms with Gasteiger partial charge in [-0.1, -0.05) is 24.6 Å². The van der Waals surface area contributed by atoms with Crippen LogP contribution in [0.3, 0.4) is 0 Å². The van der Waals surface area contributed by atoms with Crippen LogP contribution in [0.1, 0.15) is 30.5 Å². The third-order valence-electron chi connectivity index (χ3n) is 3.51. The second kappa shape index (κ2) is 6.22. The van der Waals surface area contributed by atoms with Crippen LogP contribution in [0.15, 0.2) is 18.2 Å². The van der Waals surface area contributed by atoms with E-state index in [0.29, 0.717) is 13.0 Å². The molecule has 0 bridgehead atoms. The quantitative estimate of drug-likeness (QED) is 0.921. The average molecular weight is 295 g/mol. The van der Waals surface area contributed by atoms with Gasteiger partial charge in [0, 0.05) is 12.1 Å². The second-order valence-corrected chi connectivity index (χ2v) is 5.13. The zero-order chi connectivity index (χ0) is 15.6. The number of carbonyl (C=O) groups is 2. The molecule has 1 aliphatic heterocycles. The summed E-state index contributed by atoms with van der Waals surface area (Å²) >= 11 is 0. The van der Waals surface area contributed by atoms with E-state index in [1.54, 1.807) is 19.1 Å². The highest BCUT2D eigenvalue weighted by atomic mass is 19.1. The van der Waals surface area contributed by atoms with Gasteiger partial charge in [0.1, 0.15) is 12.4 Å². The van der Waals surface area contributed by atoms with Crippen LogP contribution < -0.4 is 0 Å². The van der Waals surface area contributed by atoms with E-state index in [4.69, 9.17) is 4.74 Å². The van der Waals surface area contributed by atoms with Crippen LogP contribution in [0.2, 0.25) is 0 Å². The van der Waals surface area contributed by atoms with Crippen molar-refractivity contribution in [1.82, 2.24) is 4.90 Å². The van der Waals surface area contributed by atoms with Crippen molar-refractivity contribution >= 4 is 11.9 Å². The molecule has 2 atom stereocenters. The van der Waals surface area contributed by atoms with E-state index in [1.807, 2.05) is 6.92 Å². The summed E-state index contributed by atoms with van der Waals surface area (Å²) in [4.78, 5) is 24.8. The summed E-state index contributed by atoms with van der Waals surface area (Å²) in [6, 6.07) is 3.51. The summed E-state index contributed by atoms with van der Waals surface area (Å²) in [5.41, 5.74) is 0.980. The molecule has 1 aliphatic rings. The summed E-state index contributed by atoms with van der Waals surface area (Å²) < 4.78 is 19.3.